The molecule has 4 heteroatoms. The number of nitrogens with one attached hydrogen (secondary N) is 2. The molecule has 1 aliphatic carbocycles. The maximum absolute atomic E-state index is 4.40. The Kier molecular flexibility index (Phi) is 4.39. The van der Waals surface area contributed by atoms with Crippen molar-refractivity contribution >= 4 is 11.6 Å². The number of aromatic nitrogens is 2. The Balaban J connectivity index is 2.05. The second kappa shape index (κ2) is 6.03. The van der Waals surface area contributed by atoms with Crippen LogP contribution < -0.4 is 10.6 Å². The molecule has 1 unspecified atom stereocenters. The van der Waals surface area contributed by atoms with Gasteiger partial charge >= 0.3 is 0 Å². The van der Waals surface area contributed by atoms with Gasteiger partial charge in [-0.2, -0.15) is 0 Å². The van der Waals surface area contributed by atoms with Crippen molar-refractivity contribution in [1.82, 2.24) is 9.97 Å². The third kappa shape index (κ3) is 3.12. The molecule has 100 valence electrons. The molecule has 1 saturated carbocycles. The number of hydrogen-bond acceptors (Lipinski definition) is 4. The minimum Gasteiger partial charge on any atom is -0.373 e. The summed E-state index contributed by atoms with van der Waals surface area (Å²) in [6.45, 7) is 5.52. The van der Waals surface area contributed by atoms with Crippen molar-refractivity contribution in [2.75, 3.05) is 24.2 Å². The van der Waals surface area contributed by atoms with E-state index in [4.69, 9.17) is 0 Å². The summed E-state index contributed by atoms with van der Waals surface area (Å²) in [5.74, 6) is 3.63. The monoisotopic (exact) mass is 248 g/mol. The second-order valence-electron chi connectivity index (χ2n) is 5.25. The zero-order valence-electron chi connectivity index (χ0n) is 11.7. The first kappa shape index (κ1) is 13.1. The van der Waals surface area contributed by atoms with E-state index in [9.17, 15) is 0 Å². The van der Waals surface area contributed by atoms with E-state index < -0.39 is 0 Å². The lowest BCUT2D eigenvalue weighted by molar-refractivity contribution is 0.535. The summed E-state index contributed by atoms with van der Waals surface area (Å²) in [6, 6.07) is 0. The molecule has 1 fully saturated rings. The summed E-state index contributed by atoms with van der Waals surface area (Å²) in [5.41, 5.74) is 1.21. The van der Waals surface area contributed by atoms with Gasteiger partial charge in [-0.25, -0.2) is 9.97 Å². The SMILES string of the molecule is CCCc1c(NC)ncnc1NCC(C)C1CC1. The molecule has 1 atom stereocenters. The molecule has 0 saturated heterocycles. The van der Waals surface area contributed by atoms with E-state index >= 15 is 0 Å². The largest absolute Gasteiger partial charge is 0.373 e. The smallest absolute Gasteiger partial charge is 0.134 e. The van der Waals surface area contributed by atoms with Crippen LogP contribution in [0.1, 0.15) is 38.7 Å². The maximum atomic E-state index is 4.40. The van der Waals surface area contributed by atoms with E-state index in [2.05, 4.69) is 34.4 Å². The predicted octanol–water partition coefficient (Wildman–Crippen LogP) is 2.93. The Hall–Kier alpha value is -1.32. The summed E-state index contributed by atoms with van der Waals surface area (Å²) >= 11 is 0. The molecule has 1 heterocycles. The maximum Gasteiger partial charge on any atom is 0.134 e. The Morgan fingerprint density at radius 1 is 1.33 bits per heavy atom. The number of anilines is 2. The first-order valence-electron chi connectivity index (χ1n) is 7.01. The highest BCUT2D eigenvalue weighted by Gasteiger charge is 2.27. The lowest BCUT2D eigenvalue weighted by Gasteiger charge is -2.16. The Morgan fingerprint density at radius 3 is 2.67 bits per heavy atom. The average Bonchev–Trinajstić information content (AvgIpc) is 3.21. The molecule has 4 nitrogen and oxygen atoms in total. The highest BCUT2D eigenvalue weighted by atomic mass is 15.1. The van der Waals surface area contributed by atoms with E-state index in [1.165, 1.54) is 18.4 Å². The fourth-order valence-electron chi connectivity index (χ4n) is 2.36. The molecule has 0 aromatic carbocycles. The fourth-order valence-corrected chi connectivity index (χ4v) is 2.36. The molecule has 1 aliphatic rings. The number of rotatable bonds is 7. The molecule has 18 heavy (non-hydrogen) atoms. The molecule has 2 N–H and O–H groups in total. The van der Waals surface area contributed by atoms with Crippen LogP contribution >= 0.6 is 0 Å². The van der Waals surface area contributed by atoms with E-state index in [-0.39, 0.29) is 0 Å². The topological polar surface area (TPSA) is 49.8 Å². The summed E-state index contributed by atoms with van der Waals surface area (Å²) in [6.07, 6.45) is 6.55. The van der Waals surface area contributed by atoms with Gasteiger partial charge < -0.3 is 10.6 Å². The number of hydrogen-bond donors (Lipinski definition) is 2. The Labute approximate surface area is 110 Å². The highest BCUT2D eigenvalue weighted by molar-refractivity contribution is 5.57. The first-order chi connectivity index (χ1) is 8.76. The molecule has 0 aliphatic heterocycles. The summed E-state index contributed by atoms with van der Waals surface area (Å²) < 4.78 is 0. The quantitative estimate of drug-likeness (QED) is 0.779. The summed E-state index contributed by atoms with van der Waals surface area (Å²) in [4.78, 5) is 8.68. The minimum atomic E-state index is 0.743. The lowest BCUT2D eigenvalue weighted by Crippen LogP contribution is -2.16. The van der Waals surface area contributed by atoms with Gasteiger partial charge in [0.15, 0.2) is 0 Å². The van der Waals surface area contributed by atoms with Crippen molar-refractivity contribution in [3.63, 3.8) is 0 Å². The van der Waals surface area contributed by atoms with Gasteiger partial charge in [0.05, 0.1) is 0 Å². The van der Waals surface area contributed by atoms with Crippen LogP contribution in [0.2, 0.25) is 0 Å². The first-order valence-corrected chi connectivity index (χ1v) is 7.01. The van der Waals surface area contributed by atoms with Crippen LogP contribution in [0.3, 0.4) is 0 Å². The van der Waals surface area contributed by atoms with Crippen molar-refractivity contribution < 1.29 is 0 Å². The molecular formula is C14H24N4. The standard InChI is InChI=1S/C14H24N4/c1-4-5-12-13(15-3)17-9-18-14(12)16-8-10(2)11-6-7-11/h9-11H,4-8H2,1-3H3,(H2,15,16,17,18). The van der Waals surface area contributed by atoms with E-state index in [1.54, 1.807) is 6.33 Å². The average molecular weight is 248 g/mol. The minimum absolute atomic E-state index is 0.743. The highest BCUT2D eigenvalue weighted by Crippen LogP contribution is 2.36. The van der Waals surface area contributed by atoms with Crippen LogP contribution in [0, 0.1) is 11.8 Å². The zero-order valence-corrected chi connectivity index (χ0v) is 11.7. The second-order valence-corrected chi connectivity index (χ2v) is 5.25. The van der Waals surface area contributed by atoms with Crippen molar-refractivity contribution in [3.8, 4) is 0 Å². The van der Waals surface area contributed by atoms with Gasteiger partial charge in [0.25, 0.3) is 0 Å². The third-order valence-corrected chi connectivity index (χ3v) is 3.70. The van der Waals surface area contributed by atoms with Gasteiger partial charge in [-0.3, -0.25) is 0 Å². The molecular weight excluding hydrogens is 224 g/mol. The van der Waals surface area contributed by atoms with Gasteiger partial charge in [0, 0.05) is 19.2 Å². The Morgan fingerprint density at radius 2 is 2.06 bits per heavy atom. The Bertz CT molecular complexity index is 387. The van der Waals surface area contributed by atoms with Crippen LogP contribution in [-0.2, 0) is 6.42 Å². The lowest BCUT2D eigenvalue weighted by atomic mass is 10.1. The van der Waals surface area contributed by atoms with Gasteiger partial charge in [0.1, 0.15) is 18.0 Å². The van der Waals surface area contributed by atoms with Gasteiger partial charge in [-0.05, 0) is 31.1 Å². The molecule has 0 spiro atoms. The number of nitrogens with zero attached hydrogens (tertiary/aromatic N) is 2. The molecule has 0 amide bonds. The summed E-state index contributed by atoms with van der Waals surface area (Å²) in [5, 5.41) is 6.66. The van der Waals surface area contributed by atoms with E-state index in [0.717, 1.165) is 42.9 Å². The van der Waals surface area contributed by atoms with Crippen LogP contribution in [-0.4, -0.2) is 23.6 Å². The van der Waals surface area contributed by atoms with Crippen molar-refractivity contribution in [3.05, 3.63) is 11.9 Å². The summed E-state index contributed by atoms with van der Waals surface area (Å²) in [7, 11) is 1.91. The van der Waals surface area contributed by atoms with Crippen molar-refractivity contribution in [2.45, 2.75) is 39.5 Å². The third-order valence-electron chi connectivity index (χ3n) is 3.70. The zero-order chi connectivity index (χ0) is 13.0. The van der Waals surface area contributed by atoms with Crippen molar-refractivity contribution in [2.24, 2.45) is 11.8 Å². The van der Waals surface area contributed by atoms with Crippen LogP contribution in [0.5, 0.6) is 0 Å². The van der Waals surface area contributed by atoms with Gasteiger partial charge in [-0.1, -0.05) is 20.3 Å². The van der Waals surface area contributed by atoms with E-state index in [0.29, 0.717) is 0 Å². The fraction of sp³-hybridized carbons (Fsp3) is 0.714. The predicted molar refractivity (Wildman–Crippen MR) is 76.0 cm³/mol. The van der Waals surface area contributed by atoms with Crippen LogP contribution in [0.15, 0.2) is 6.33 Å². The molecule has 0 radical (unpaired) electrons. The molecule has 1 aromatic rings. The molecule has 0 bridgehead atoms. The van der Waals surface area contributed by atoms with Gasteiger partial charge in [-0.15, -0.1) is 0 Å². The van der Waals surface area contributed by atoms with Crippen molar-refractivity contribution in [1.29, 1.82) is 0 Å². The van der Waals surface area contributed by atoms with Gasteiger partial charge in [0.2, 0.25) is 0 Å². The van der Waals surface area contributed by atoms with E-state index in [1.807, 2.05) is 7.05 Å². The molecule has 2 rings (SSSR count). The molecule has 1 aromatic heterocycles. The van der Waals surface area contributed by atoms with Crippen LogP contribution in [0.4, 0.5) is 11.6 Å². The van der Waals surface area contributed by atoms with Crippen LogP contribution in [0.25, 0.3) is 0 Å². The normalized spacial score (nSPS) is 16.4.